The van der Waals surface area contributed by atoms with Gasteiger partial charge >= 0.3 is 0 Å². The second kappa shape index (κ2) is 14.5. The first-order valence-corrected chi connectivity index (χ1v) is 19.9. The molecule has 11 aromatic rings. The molecule has 0 aliphatic carbocycles. The summed E-state index contributed by atoms with van der Waals surface area (Å²) < 4.78 is 4.68. The monoisotopic (exact) mass is 755 g/mol. The van der Waals surface area contributed by atoms with E-state index in [0.717, 1.165) is 56.5 Å². The molecule has 4 heterocycles. The summed E-state index contributed by atoms with van der Waals surface area (Å²) in [6.45, 7) is 0. The Balaban J connectivity index is 1.00. The average molecular weight is 756 g/mol. The molecule has 7 aromatic carbocycles. The summed E-state index contributed by atoms with van der Waals surface area (Å²) in [7, 11) is 0. The number of para-hydroxylation sites is 2. The molecule has 4 aromatic heterocycles. The van der Waals surface area contributed by atoms with Gasteiger partial charge in [0.15, 0.2) is 0 Å². The molecule has 59 heavy (non-hydrogen) atoms. The summed E-state index contributed by atoms with van der Waals surface area (Å²) in [5, 5.41) is 3.67. The number of hydrogen-bond acceptors (Lipinski definition) is 3. The highest BCUT2D eigenvalue weighted by Crippen LogP contribution is 2.40. The molecule has 0 atom stereocenters. The van der Waals surface area contributed by atoms with Crippen LogP contribution in [0.2, 0.25) is 0 Å². The van der Waals surface area contributed by atoms with Crippen molar-refractivity contribution >= 4 is 49.8 Å². The second-order valence-electron chi connectivity index (χ2n) is 14.8. The average Bonchev–Trinajstić information content (AvgIpc) is 3.88. The minimum Gasteiger partial charge on any atom is -0.316 e. The van der Waals surface area contributed by atoms with Crippen LogP contribution in [0.5, 0.6) is 0 Å². The Morgan fingerprint density at radius 2 is 0.864 bits per heavy atom. The van der Waals surface area contributed by atoms with Gasteiger partial charge in [-0.1, -0.05) is 91.0 Å². The minimum atomic E-state index is 0.952. The topological polar surface area (TPSA) is 38.9 Å². The predicted molar refractivity (Wildman–Crippen MR) is 244 cm³/mol. The molecule has 0 aliphatic rings. The second-order valence-corrected chi connectivity index (χ2v) is 14.8. The van der Waals surface area contributed by atoms with Gasteiger partial charge in [0.1, 0.15) is 0 Å². The van der Waals surface area contributed by atoms with Crippen molar-refractivity contribution in [2.45, 2.75) is 0 Å². The van der Waals surface area contributed by atoms with Gasteiger partial charge < -0.3 is 14.0 Å². The molecule has 0 saturated carbocycles. The van der Waals surface area contributed by atoms with Crippen molar-refractivity contribution < 1.29 is 0 Å². The van der Waals surface area contributed by atoms with E-state index < -0.39 is 0 Å². The summed E-state index contributed by atoms with van der Waals surface area (Å²) in [4.78, 5) is 11.4. The van der Waals surface area contributed by atoms with Crippen molar-refractivity contribution in [1.82, 2.24) is 19.1 Å². The van der Waals surface area contributed by atoms with Crippen LogP contribution in [0, 0.1) is 0 Å². The molecule has 0 N–H and O–H groups in total. The third-order valence-corrected chi connectivity index (χ3v) is 11.3. The Kier molecular flexibility index (Phi) is 8.41. The molecular formula is C54H37N5. The first kappa shape index (κ1) is 34.2. The SMILES string of the molecule is c1ccc(-n2ccc3cc4c5cc(-c6ccc(N(c7ccc(-c8ccccn8)cc7)c7ccc(-c8ccccn8)cc7)cc6)ccc5n(-c5ccccc5)c4cc32)cc1. The molecule has 11 rings (SSSR count). The molecule has 0 aliphatic heterocycles. The van der Waals surface area contributed by atoms with E-state index in [0.29, 0.717) is 0 Å². The van der Waals surface area contributed by atoms with Crippen LogP contribution in [0.4, 0.5) is 17.1 Å². The van der Waals surface area contributed by atoms with E-state index >= 15 is 0 Å². The highest BCUT2D eigenvalue weighted by molar-refractivity contribution is 6.14. The van der Waals surface area contributed by atoms with Gasteiger partial charge in [-0.2, -0.15) is 0 Å². The standard InChI is InChI=1S/C54H37N5/c1-3-11-43(12-4-1)57-34-31-42-36-49-48-35-41(23-30-52(48)59(54(49)37-53(42)57)44-13-5-2-6-14-44)38-17-24-45(25-18-38)58(46-26-19-39(20-27-46)50-15-7-9-32-55-50)47-28-21-40(22-29-47)51-16-8-10-33-56-51/h1-37H. The van der Waals surface area contributed by atoms with E-state index in [9.17, 15) is 0 Å². The molecule has 0 amide bonds. The van der Waals surface area contributed by atoms with Gasteiger partial charge in [-0.25, -0.2) is 0 Å². The highest BCUT2D eigenvalue weighted by Gasteiger charge is 2.18. The quantitative estimate of drug-likeness (QED) is 0.155. The Bertz CT molecular complexity index is 3130. The zero-order valence-electron chi connectivity index (χ0n) is 32.1. The van der Waals surface area contributed by atoms with E-state index in [-0.39, 0.29) is 0 Å². The Labute approximate surface area is 342 Å². The normalized spacial score (nSPS) is 11.4. The lowest BCUT2D eigenvalue weighted by molar-refractivity contribution is 1.12. The first-order chi connectivity index (χ1) is 29.2. The van der Waals surface area contributed by atoms with Crippen LogP contribution >= 0.6 is 0 Å². The van der Waals surface area contributed by atoms with E-state index in [1.807, 2.05) is 48.8 Å². The summed E-state index contributed by atoms with van der Waals surface area (Å²) in [6.07, 6.45) is 5.85. The molecule has 0 bridgehead atoms. The molecule has 0 saturated heterocycles. The molecule has 0 unspecified atom stereocenters. The number of benzene rings is 7. The molecule has 0 fully saturated rings. The Morgan fingerprint density at radius 3 is 1.42 bits per heavy atom. The van der Waals surface area contributed by atoms with Crippen LogP contribution in [0.25, 0.3) is 77.7 Å². The van der Waals surface area contributed by atoms with Crippen LogP contribution in [-0.2, 0) is 0 Å². The molecule has 5 heteroatoms. The van der Waals surface area contributed by atoms with Crippen molar-refractivity contribution in [3.8, 4) is 45.0 Å². The number of fused-ring (bicyclic) bond motifs is 4. The Morgan fingerprint density at radius 1 is 0.356 bits per heavy atom. The minimum absolute atomic E-state index is 0.952. The summed E-state index contributed by atoms with van der Waals surface area (Å²) in [5.41, 5.74) is 15.4. The third-order valence-electron chi connectivity index (χ3n) is 11.3. The van der Waals surface area contributed by atoms with Gasteiger partial charge in [0.25, 0.3) is 0 Å². The van der Waals surface area contributed by atoms with Crippen LogP contribution in [0.3, 0.4) is 0 Å². The number of rotatable bonds is 8. The van der Waals surface area contributed by atoms with Gasteiger partial charge in [0.05, 0.1) is 27.9 Å². The van der Waals surface area contributed by atoms with Crippen molar-refractivity contribution in [1.29, 1.82) is 0 Å². The molecule has 5 nitrogen and oxygen atoms in total. The van der Waals surface area contributed by atoms with Crippen LogP contribution in [-0.4, -0.2) is 19.1 Å². The molecule has 0 radical (unpaired) electrons. The maximum Gasteiger partial charge on any atom is 0.0701 e. The van der Waals surface area contributed by atoms with Gasteiger partial charge in [0, 0.05) is 74.3 Å². The molecule has 0 spiro atoms. The van der Waals surface area contributed by atoms with E-state index in [4.69, 9.17) is 0 Å². The lowest BCUT2D eigenvalue weighted by Crippen LogP contribution is -2.09. The highest BCUT2D eigenvalue weighted by atomic mass is 15.1. The fourth-order valence-corrected chi connectivity index (χ4v) is 8.38. The number of anilines is 3. The van der Waals surface area contributed by atoms with Crippen LogP contribution < -0.4 is 4.90 Å². The summed E-state index contributed by atoms with van der Waals surface area (Å²) in [5.74, 6) is 0. The predicted octanol–water partition coefficient (Wildman–Crippen LogP) is 14.0. The van der Waals surface area contributed by atoms with Gasteiger partial charge in [0.2, 0.25) is 0 Å². The van der Waals surface area contributed by atoms with Gasteiger partial charge in [-0.05, 0) is 126 Å². The maximum atomic E-state index is 4.57. The van der Waals surface area contributed by atoms with E-state index in [1.54, 1.807) is 0 Å². The first-order valence-electron chi connectivity index (χ1n) is 19.9. The van der Waals surface area contributed by atoms with Crippen LogP contribution in [0.15, 0.2) is 225 Å². The van der Waals surface area contributed by atoms with Crippen molar-refractivity contribution in [2.75, 3.05) is 4.90 Å². The third kappa shape index (κ3) is 6.22. The van der Waals surface area contributed by atoms with E-state index in [1.165, 1.54) is 38.3 Å². The summed E-state index contributed by atoms with van der Waals surface area (Å²) in [6, 6.07) is 73.3. The van der Waals surface area contributed by atoms with Crippen molar-refractivity contribution in [3.63, 3.8) is 0 Å². The van der Waals surface area contributed by atoms with Crippen molar-refractivity contribution in [3.05, 3.63) is 225 Å². The zero-order chi connectivity index (χ0) is 39.1. The van der Waals surface area contributed by atoms with Crippen LogP contribution in [0.1, 0.15) is 0 Å². The zero-order valence-corrected chi connectivity index (χ0v) is 32.1. The fraction of sp³-hybridized carbons (Fsp3) is 0. The largest absolute Gasteiger partial charge is 0.316 e. The maximum absolute atomic E-state index is 4.57. The number of nitrogens with zero attached hydrogens (tertiary/aromatic N) is 5. The summed E-state index contributed by atoms with van der Waals surface area (Å²) >= 11 is 0. The number of pyridine rings is 2. The van der Waals surface area contributed by atoms with Gasteiger partial charge in [-0.15, -0.1) is 0 Å². The van der Waals surface area contributed by atoms with Crippen molar-refractivity contribution in [2.24, 2.45) is 0 Å². The number of aromatic nitrogens is 4. The fourth-order valence-electron chi connectivity index (χ4n) is 8.38. The number of hydrogen-bond donors (Lipinski definition) is 0. The lowest BCUT2D eigenvalue weighted by Gasteiger charge is -2.26. The molecule has 278 valence electrons. The molecular weight excluding hydrogens is 719 g/mol. The Hall–Kier alpha value is -8.02. The smallest absolute Gasteiger partial charge is 0.0701 e. The van der Waals surface area contributed by atoms with Gasteiger partial charge in [-0.3, -0.25) is 9.97 Å². The lowest BCUT2D eigenvalue weighted by atomic mass is 10.0. The van der Waals surface area contributed by atoms with E-state index in [2.05, 4.69) is 200 Å².